The molecule has 0 aromatic heterocycles. The van der Waals surface area contributed by atoms with Crippen LogP contribution >= 0.6 is 0 Å². The maximum atomic E-state index is 13.2. The van der Waals surface area contributed by atoms with E-state index in [4.69, 9.17) is 28.7 Å². The number of carbonyl (C=O) groups excluding carboxylic acids is 3. The van der Waals surface area contributed by atoms with Crippen LogP contribution in [-0.4, -0.2) is 79.1 Å². The van der Waals surface area contributed by atoms with E-state index in [-0.39, 0.29) is 12.8 Å². The standard InChI is InChI=1S/C24H50N8O5/c25-13-5-1-9-17(29)21(33)30-18(10-2-6-14-26)22(34)31-19(11-3-7-15-27)23(35)32-20(24(36)37)12-4-8-16-28/h17-20H,1-16,25-29H2,(H,30,33)(H,31,34)(H,32,35)(H,36,37)/t17-,18+,19+,20-/m0/s1. The molecule has 3 amide bonds. The maximum absolute atomic E-state index is 13.2. The van der Waals surface area contributed by atoms with Crippen molar-refractivity contribution >= 4 is 23.7 Å². The lowest BCUT2D eigenvalue weighted by Crippen LogP contribution is -2.57. The molecule has 0 aliphatic rings. The number of unbranched alkanes of at least 4 members (excludes halogenated alkanes) is 4. The number of nitrogens with two attached hydrogens (primary N) is 5. The van der Waals surface area contributed by atoms with Crippen molar-refractivity contribution in [2.24, 2.45) is 28.7 Å². The molecule has 4 atom stereocenters. The summed E-state index contributed by atoms with van der Waals surface area (Å²) in [6.45, 7) is 1.78. The van der Waals surface area contributed by atoms with Crippen LogP contribution in [0, 0.1) is 0 Å². The summed E-state index contributed by atoms with van der Waals surface area (Å²) in [5.74, 6) is -2.76. The topological polar surface area (TPSA) is 255 Å². The van der Waals surface area contributed by atoms with Crippen LogP contribution in [0.25, 0.3) is 0 Å². The van der Waals surface area contributed by atoms with Crippen molar-refractivity contribution in [1.82, 2.24) is 16.0 Å². The van der Waals surface area contributed by atoms with E-state index in [1.165, 1.54) is 0 Å². The molecule has 0 spiro atoms. The number of nitrogens with one attached hydrogen (secondary N) is 3. The first-order valence-corrected chi connectivity index (χ1v) is 13.4. The van der Waals surface area contributed by atoms with Crippen LogP contribution in [0.15, 0.2) is 0 Å². The molecule has 216 valence electrons. The molecule has 0 aromatic rings. The molecule has 0 heterocycles. The molecule has 0 bridgehead atoms. The molecule has 13 nitrogen and oxygen atoms in total. The average molecular weight is 531 g/mol. The fourth-order valence-corrected chi connectivity index (χ4v) is 3.74. The van der Waals surface area contributed by atoms with Gasteiger partial charge in [0.1, 0.15) is 18.1 Å². The zero-order valence-corrected chi connectivity index (χ0v) is 22.1. The van der Waals surface area contributed by atoms with E-state index in [0.29, 0.717) is 84.0 Å². The Bertz CT molecular complexity index is 667. The van der Waals surface area contributed by atoms with Crippen molar-refractivity contribution < 1.29 is 24.3 Å². The Morgan fingerprint density at radius 2 is 0.838 bits per heavy atom. The Labute approximate surface area is 220 Å². The number of hydrogen-bond donors (Lipinski definition) is 9. The SMILES string of the molecule is NCCCC[C@H](NC(=O)[C@@H](CCCCN)NC(=O)[C@@H](CCCCN)NC(=O)[C@@H](N)CCCCN)C(=O)O. The van der Waals surface area contributed by atoms with Gasteiger partial charge in [0, 0.05) is 0 Å². The van der Waals surface area contributed by atoms with E-state index in [1.54, 1.807) is 0 Å². The first kappa shape index (κ1) is 34.7. The lowest BCUT2D eigenvalue weighted by atomic mass is 10.0. The van der Waals surface area contributed by atoms with Gasteiger partial charge in [-0.2, -0.15) is 0 Å². The summed E-state index contributed by atoms with van der Waals surface area (Å²) in [6.07, 6.45) is 6.28. The fraction of sp³-hybridized carbons (Fsp3) is 0.833. The summed E-state index contributed by atoms with van der Waals surface area (Å²) in [7, 11) is 0. The van der Waals surface area contributed by atoms with Crippen LogP contribution in [0.5, 0.6) is 0 Å². The van der Waals surface area contributed by atoms with Gasteiger partial charge in [0.25, 0.3) is 0 Å². The Morgan fingerprint density at radius 3 is 1.22 bits per heavy atom. The molecule has 0 saturated carbocycles. The van der Waals surface area contributed by atoms with E-state index in [2.05, 4.69) is 16.0 Å². The van der Waals surface area contributed by atoms with E-state index < -0.39 is 47.9 Å². The molecule has 37 heavy (non-hydrogen) atoms. The third-order valence-electron chi connectivity index (χ3n) is 6.03. The number of aliphatic carboxylic acids is 1. The van der Waals surface area contributed by atoms with Gasteiger partial charge < -0.3 is 49.7 Å². The molecule has 13 heteroatoms. The molecular formula is C24H50N8O5. The third-order valence-corrected chi connectivity index (χ3v) is 6.03. The second-order valence-corrected chi connectivity index (χ2v) is 9.27. The minimum absolute atomic E-state index is 0.224. The van der Waals surface area contributed by atoms with Crippen molar-refractivity contribution in [3.63, 3.8) is 0 Å². The Kier molecular flexibility index (Phi) is 20.4. The summed E-state index contributed by atoms with van der Waals surface area (Å²) in [6, 6.07) is -3.78. The highest BCUT2D eigenvalue weighted by Crippen LogP contribution is 2.08. The summed E-state index contributed by atoms with van der Waals surface area (Å²) in [5, 5.41) is 17.4. The number of carboxylic acids is 1. The van der Waals surface area contributed by atoms with Gasteiger partial charge in [-0.3, -0.25) is 14.4 Å². The normalized spacial score (nSPS) is 14.3. The summed E-state index contributed by atoms with van der Waals surface area (Å²) in [5.41, 5.74) is 28.1. The van der Waals surface area contributed by atoms with Crippen LogP contribution in [0.3, 0.4) is 0 Å². The number of carboxylic acid groups (broad SMARTS) is 1. The zero-order chi connectivity index (χ0) is 28.1. The molecule has 0 saturated heterocycles. The van der Waals surface area contributed by atoms with Crippen molar-refractivity contribution in [2.45, 2.75) is 101 Å². The number of amides is 3. The minimum atomic E-state index is -1.16. The fourth-order valence-electron chi connectivity index (χ4n) is 3.74. The van der Waals surface area contributed by atoms with Gasteiger partial charge in [0.05, 0.1) is 6.04 Å². The van der Waals surface area contributed by atoms with Crippen molar-refractivity contribution in [1.29, 1.82) is 0 Å². The molecule has 14 N–H and O–H groups in total. The van der Waals surface area contributed by atoms with Crippen LogP contribution in [0.2, 0.25) is 0 Å². The van der Waals surface area contributed by atoms with Crippen LogP contribution in [-0.2, 0) is 19.2 Å². The molecule has 0 fully saturated rings. The number of carbonyl (C=O) groups is 4. The molecule has 0 aromatic carbocycles. The maximum Gasteiger partial charge on any atom is 0.326 e. The van der Waals surface area contributed by atoms with Gasteiger partial charge in [-0.15, -0.1) is 0 Å². The highest BCUT2D eigenvalue weighted by atomic mass is 16.4. The monoisotopic (exact) mass is 530 g/mol. The lowest BCUT2D eigenvalue weighted by molar-refractivity contribution is -0.142. The van der Waals surface area contributed by atoms with Gasteiger partial charge in [0.2, 0.25) is 17.7 Å². The van der Waals surface area contributed by atoms with Crippen molar-refractivity contribution in [3.05, 3.63) is 0 Å². The predicted molar refractivity (Wildman–Crippen MR) is 143 cm³/mol. The van der Waals surface area contributed by atoms with Gasteiger partial charge in [-0.25, -0.2) is 4.79 Å². The highest BCUT2D eigenvalue weighted by molar-refractivity contribution is 5.94. The molecule has 0 unspecified atom stereocenters. The van der Waals surface area contributed by atoms with Gasteiger partial charge >= 0.3 is 5.97 Å². The average Bonchev–Trinajstić information content (AvgIpc) is 2.86. The Morgan fingerprint density at radius 1 is 0.514 bits per heavy atom. The first-order valence-electron chi connectivity index (χ1n) is 13.4. The van der Waals surface area contributed by atoms with Crippen LogP contribution < -0.4 is 44.6 Å². The van der Waals surface area contributed by atoms with Crippen molar-refractivity contribution in [3.8, 4) is 0 Å². The molecule has 0 aliphatic heterocycles. The van der Waals surface area contributed by atoms with Gasteiger partial charge in [0.15, 0.2) is 0 Å². The summed E-state index contributed by atoms with van der Waals surface area (Å²) < 4.78 is 0. The quantitative estimate of drug-likeness (QED) is 0.0681. The zero-order valence-electron chi connectivity index (χ0n) is 22.1. The van der Waals surface area contributed by atoms with E-state index >= 15 is 0 Å². The summed E-state index contributed by atoms with van der Waals surface area (Å²) in [4.78, 5) is 50.4. The smallest absolute Gasteiger partial charge is 0.326 e. The lowest BCUT2D eigenvalue weighted by Gasteiger charge is -2.25. The Balaban J connectivity index is 5.43. The van der Waals surface area contributed by atoms with Gasteiger partial charge in [-0.1, -0.05) is 6.42 Å². The largest absolute Gasteiger partial charge is 0.480 e. The molecular weight excluding hydrogens is 480 g/mol. The first-order chi connectivity index (χ1) is 17.7. The second kappa shape index (κ2) is 21.7. The Hall–Kier alpha value is -2.32. The highest BCUT2D eigenvalue weighted by Gasteiger charge is 2.29. The summed E-state index contributed by atoms with van der Waals surface area (Å²) >= 11 is 0. The van der Waals surface area contributed by atoms with Crippen molar-refractivity contribution in [2.75, 3.05) is 26.2 Å². The molecule has 0 aliphatic carbocycles. The molecule has 0 rings (SSSR count). The van der Waals surface area contributed by atoms with Crippen LogP contribution in [0.4, 0.5) is 0 Å². The van der Waals surface area contributed by atoms with Gasteiger partial charge in [-0.05, 0) is 96.8 Å². The van der Waals surface area contributed by atoms with E-state index in [9.17, 15) is 24.3 Å². The third kappa shape index (κ3) is 16.2. The van der Waals surface area contributed by atoms with Crippen LogP contribution in [0.1, 0.15) is 77.0 Å². The second-order valence-electron chi connectivity index (χ2n) is 9.27. The minimum Gasteiger partial charge on any atom is -0.480 e. The van der Waals surface area contributed by atoms with E-state index in [1.807, 2.05) is 0 Å². The van der Waals surface area contributed by atoms with E-state index in [0.717, 1.165) is 6.42 Å². The molecule has 0 radical (unpaired) electrons. The number of rotatable bonds is 23. The number of hydrogen-bond acceptors (Lipinski definition) is 9. The predicted octanol–water partition coefficient (Wildman–Crippen LogP) is -1.63.